The molecule has 3 aromatic carbocycles. The first-order chi connectivity index (χ1) is 13.1. The van der Waals surface area contributed by atoms with Crippen LogP contribution in [0.15, 0.2) is 66.7 Å². The second-order valence-electron chi connectivity index (χ2n) is 6.68. The maximum atomic E-state index is 11.8. The van der Waals surface area contributed by atoms with Crippen LogP contribution in [0.3, 0.4) is 0 Å². The predicted octanol–water partition coefficient (Wildman–Crippen LogP) is 4.12. The number of benzene rings is 3. The smallest absolute Gasteiger partial charge is 0.259 e. The summed E-state index contributed by atoms with van der Waals surface area (Å²) in [6.45, 7) is 0. The first-order valence-electron chi connectivity index (χ1n) is 8.98. The molecule has 1 aliphatic heterocycles. The van der Waals surface area contributed by atoms with Crippen LogP contribution in [0, 0.1) is 0 Å². The highest BCUT2D eigenvalue weighted by atomic mass is 16.3. The molecular formula is C23H19NO3. The lowest BCUT2D eigenvalue weighted by atomic mass is 9.96. The molecule has 5 rings (SSSR count). The summed E-state index contributed by atoms with van der Waals surface area (Å²) in [5.41, 5.74) is 5.40. The molecule has 4 nitrogen and oxygen atoms in total. The Kier molecular flexibility index (Phi) is 4.47. The average molecular weight is 357 g/mol. The Morgan fingerprint density at radius 3 is 2.00 bits per heavy atom. The molecular weight excluding hydrogens is 338 g/mol. The van der Waals surface area contributed by atoms with Gasteiger partial charge in [-0.05, 0) is 59.7 Å². The van der Waals surface area contributed by atoms with Gasteiger partial charge in [0.15, 0.2) is 0 Å². The molecule has 0 bridgehead atoms. The summed E-state index contributed by atoms with van der Waals surface area (Å²) < 4.78 is 0. The monoisotopic (exact) mass is 357 g/mol. The summed E-state index contributed by atoms with van der Waals surface area (Å²) >= 11 is 0. The van der Waals surface area contributed by atoms with Crippen molar-refractivity contribution in [2.24, 2.45) is 0 Å². The van der Waals surface area contributed by atoms with Gasteiger partial charge in [-0.15, -0.1) is 0 Å². The molecule has 4 heteroatoms. The number of hydrogen-bond acceptors (Lipinski definition) is 3. The van der Waals surface area contributed by atoms with Crippen molar-refractivity contribution in [2.75, 3.05) is 0 Å². The third-order valence-corrected chi connectivity index (χ3v) is 4.95. The van der Waals surface area contributed by atoms with E-state index < -0.39 is 0 Å². The Balaban J connectivity index is 0.000000167. The van der Waals surface area contributed by atoms with Gasteiger partial charge in [0.2, 0.25) is 0 Å². The average Bonchev–Trinajstić information content (AvgIpc) is 3.28. The summed E-state index contributed by atoms with van der Waals surface area (Å²) in [7, 11) is 0. The Labute approximate surface area is 157 Å². The van der Waals surface area contributed by atoms with E-state index in [1.807, 2.05) is 0 Å². The van der Waals surface area contributed by atoms with Gasteiger partial charge in [0, 0.05) is 0 Å². The highest BCUT2D eigenvalue weighted by Crippen LogP contribution is 2.30. The third kappa shape index (κ3) is 3.34. The van der Waals surface area contributed by atoms with Gasteiger partial charge in [-0.1, -0.05) is 48.5 Å². The number of fused-ring (bicyclic) bond motifs is 2. The van der Waals surface area contributed by atoms with Crippen LogP contribution in [0.1, 0.15) is 38.3 Å². The van der Waals surface area contributed by atoms with E-state index in [4.69, 9.17) is 0 Å². The number of carbonyl (C=O) groups is 2. The number of aryl methyl sites for hydroxylation is 2. The lowest BCUT2D eigenvalue weighted by molar-refractivity contribution is 0.0880. The molecule has 2 aliphatic rings. The summed E-state index contributed by atoms with van der Waals surface area (Å²) in [4.78, 5) is 23.3. The molecule has 0 radical (unpaired) electrons. The van der Waals surface area contributed by atoms with Crippen molar-refractivity contribution in [1.82, 2.24) is 5.32 Å². The van der Waals surface area contributed by atoms with Crippen molar-refractivity contribution >= 4 is 11.8 Å². The van der Waals surface area contributed by atoms with Crippen molar-refractivity contribution in [3.8, 4) is 16.9 Å². The first-order valence-corrected chi connectivity index (χ1v) is 8.98. The molecule has 0 atom stereocenters. The Morgan fingerprint density at radius 2 is 1.33 bits per heavy atom. The normalized spacial score (nSPS) is 14.1. The Bertz CT molecular complexity index is 999. The van der Waals surface area contributed by atoms with E-state index in [0.29, 0.717) is 16.7 Å². The van der Waals surface area contributed by atoms with Crippen LogP contribution in [-0.4, -0.2) is 16.9 Å². The second-order valence-corrected chi connectivity index (χ2v) is 6.68. The van der Waals surface area contributed by atoms with Crippen molar-refractivity contribution in [3.05, 3.63) is 89.0 Å². The molecule has 134 valence electrons. The molecule has 0 unspecified atom stereocenters. The number of imide groups is 1. The first kappa shape index (κ1) is 17.0. The van der Waals surface area contributed by atoms with Crippen LogP contribution in [0.2, 0.25) is 0 Å². The van der Waals surface area contributed by atoms with Gasteiger partial charge in [-0.2, -0.15) is 0 Å². The largest absolute Gasteiger partial charge is 0.508 e. The Hall–Kier alpha value is -3.40. The highest BCUT2D eigenvalue weighted by Gasteiger charge is 2.29. The van der Waals surface area contributed by atoms with E-state index >= 15 is 0 Å². The van der Waals surface area contributed by atoms with Crippen molar-refractivity contribution < 1.29 is 14.7 Å². The highest BCUT2D eigenvalue weighted by molar-refractivity contribution is 6.24. The van der Waals surface area contributed by atoms with Crippen LogP contribution in [0.5, 0.6) is 5.75 Å². The third-order valence-electron chi connectivity index (χ3n) is 4.95. The van der Waals surface area contributed by atoms with Gasteiger partial charge in [0.25, 0.3) is 11.8 Å². The zero-order valence-electron chi connectivity index (χ0n) is 14.7. The van der Waals surface area contributed by atoms with E-state index in [2.05, 4.69) is 29.6 Å². The number of phenolic OH excluding ortho intramolecular Hbond substituents is 1. The molecule has 2 amide bonds. The fourth-order valence-corrected chi connectivity index (χ4v) is 3.62. The van der Waals surface area contributed by atoms with Crippen molar-refractivity contribution in [2.45, 2.75) is 19.3 Å². The molecule has 1 heterocycles. The molecule has 0 saturated carbocycles. The van der Waals surface area contributed by atoms with Crippen molar-refractivity contribution in [1.29, 1.82) is 0 Å². The number of amides is 2. The summed E-state index contributed by atoms with van der Waals surface area (Å²) in [6, 6.07) is 20.4. The van der Waals surface area contributed by atoms with E-state index in [1.54, 1.807) is 53.6 Å². The van der Waals surface area contributed by atoms with Gasteiger partial charge < -0.3 is 5.11 Å². The lowest BCUT2D eigenvalue weighted by Crippen LogP contribution is -2.20. The number of aromatic hydroxyl groups is 1. The number of carbonyl (C=O) groups excluding carboxylic acids is 2. The molecule has 0 saturated heterocycles. The van der Waals surface area contributed by atoms with Gasteiger partial charge in [0.05, 0.1) is 11.1 Å². The number of nitrogens with one attached hydrogen (secondary N) is 1. The second kappa shape index (κ2) is 7.08. The van der Waals surface area contributed by atoms with Gasteiger partial charge in [-0.25, -0.2) is 0 Å². The van der Waals surface area contributed by atoms with Crippen LogP contribution >= 0.6 is 0 Å². The molecule has 3 aromatic rings. The fraction of sp³-hybridized carbons (Fsp3) is 0.130. The fourth-order valence-electron chi connectivity index (χ4n) is 3.62. The maximum absolute atomic E-state index is 11.8. The van der Waals surface area contributed by atoms with E-state index in [1.165, 1.54) is 19.3 Å². The van der Waals surface area contributed by atoms with Crippen LogP contribution in [0.25, 0.3) is 11.1 Å². The standard InChI is InChI=1S/C14H9NO3.C9H10/c16-9-6-4-8(5-7-9)10-2-1-3-11-12(10)14(18)15-13(11)17;1-2-5-9-7-3-6-8(9)4-1/h1-7,16H,(H,15,17,18);1-2,4-5H,3,6-7H2. The minimum Gasteiger partial charge on any atom is -0.508 e. The maximum Gasteiger partial charge on any atom is 0.259 e. The summed E-state index contributed by atoms with van der Waals surface area (Å²) in [5, 5.41) is 11.5. The van der Waals surface area contributed by atoms with Crippen LogP contribution < -0.4 is 5.32 Å². The van der Waals surface area contributed by atoms with Crippen LogP contribution in [-0.2, 0) is 12.8 Å². The number of rotatable bonds is 1. The van der Waals surface area contributed by atoms with Crippen LogP contribution in [0.4, 0.5) is 0 Å². The van der Waals surface area contributed by atoms with Gasteiger partial charge in [-0.3, -0.25) is 14.9 Å². The molecule has 0 aromatic heterocycles. The van der Waals surface area contributed by atoms with E-state index in [9.17, 15) is 14.7 Å². The molecule has 2 N–H and O–H groups in total. The van der Waals surface area contributed by atoms with E-state index in [-0.39, 0.29) is 17.6 Å². The minimum absolute atomic E-state index is 0.159. The lowest BCUT2D eigenvalue weighted by Gasteiger charge is -2.05. The molecule has 0 spiro atoms. The number of phenols is 1. The topological polar surface area (TPSA) is 66.4 Å². The summed E-state index contributed by atoms with van der Waals surface area (Å²) in [6.07, 6.45) is 3.96. The van der Waals surface area contributed by atoms with Gasteiger partial charge >= 0.3 is 0 Å². The summed E-state index contributed by atoms with van der Waals surface area (Å²) in [5.74, 6) is -0.582. The minimum atomic E-state index is -0.376. The van der Waals surface area contributed by atoms with Crippen molar-refractivity contribution in [3.63, 3.8) is 0 Å². The predicted molar refractivity (Wildman–Crippen MR) is 104 cm³/mol. The molecule has 0 fully saturated rings. The van der Waals surface area contributed by atoms with Gasteiger partial charge in [0.1, 0.15) is 5.75 Å². The zero-order valence-corrected chi connectivity index (χ0v) is 14.7. The molecule has 1 aliphatic carbocycles. The van der Waals surface area contributed by atoms with E-state index in [0.717, 1.165) is 5.56 Å². The quantitative estimate of drug-likeness (QED) is 0.644. The molecule has 27 heavy (non-hydrogen) atoms. The Morgan fingerprint density at radius 1 is 0.704 bits per heavy atom. The number of hydrogen-bond donors (Lipinski definition) is 2. The SMILES string of the molecule is O=C1NC(=O)c2c1cccc2-c1ccc(O)cc1.c1ccc2c(c1)CCC2. The zero-order chi connectivity index (χ0) is 18.8.